The standard InChI is InChI=1S/C18H27N5O4/c1-3-4-5-15(20-17(25)26)16(24)21-8-6-13(7-9-21)22-11-14-10-19-12(2)23(14)18(22)27/h10,13,15,20H,3-9,11H2,1-2H3,(H,25,26). The van der Waals surface area contributed by atoms with Crippen molar-refractivity contribution in [3.05, 3.63) is 17.7 Å². The van der Waals surface area contributed by atoms with Crippen LogP contribution in [0.4, 0.5) is 9.59 Å². The number of nitrogens with zero attached hydrogens (tertiary/aromatic N) is 4. The quantitative estimate of drug-likeness (QED) is 0.786. The lowest BCUT2D eigenvalue weighted by molar-refractivity contribution is -0.135. The molecule has 9 nitrogen and oxygen atoms in total. The first-order valence-corrected chi connectivity index (χ1v) is 9.54. The van der Waals surface area contributed by atoms with E-state index < -0.39 is 12.1 Å². The van der Waals surface area contributed by atoms with E-state index in [1.54, 1.807) is 15.7 Å². The fourth-order valence-corrected chi connectivity index (χ4v) is 3.95. The van der Waals surface area contributed by atoms with Crippen LogP contribution in [0.2, 0.25) is 0 Å². The fourth-order valence-electron chi connectivity index (χ4n) is 3.95. The summed E-state index contributed by atoms with van der Waals surface area (Å²) in [6.07, 6.45) is 4.16. The highest BCUT2D eigenvalue weighted by Crippen LogP contribution is 2.26. The number of carbonyl (C=O) groups is 3. The van der Waals surface area contributed by atoms with E-state index in [2.05, 4.69) is 10.3 Å². The zero-order valence-corrected chi connectivity index (χ0v) is 15.8. The molecule has 0 saturated carbocycles. The number of hydrogen-bond donors (Lipinski definition) is 2. The lowest BCUT2D eigenvalue weighted by Gasteiger charge is -2.37. The molecule has 2 aliphatic rings. The number of carboxylic acid groups (broad SMARTS) is 1. The first kappa shape index (κ1) is 19.2. The van der Waals surface area contributed by atoms with Gasteiger partial charge in [-0.05, 0) is 26.2 Å². The fraction of sp³-hybridized carbons (Fsp3) is 0.667. The smallest absolute Gasteiger partial charge is 0.405 e. The number of imidazole rings is 1. The number of unbranched alkanes of at least 4 members (excludes halogenated alkanes) is 1. The van der Waals surface area contributed by atoms with Gasteiger partial charge in [-0.3, -0.25) is 9.36 Å². The van der Waals surface area contributed by atoms with Crippen molar-refractivity contribution in [2.45, 2.75) is 64.6 Å². The second-order valence-corrected chi connectivity index (χ2v) is 7.24. The van der Waals surface area contributed by atoms with Crippen LogP contribution in [0.1, 0.15) is 50.5 Å². The van der Waals surface area contributed by atoms with Crippen molar-refractivity contribution >= 4 is 18.0 Å². The Morgan fingerprint density at radius 3 is 2.67 bits per heavy atom. The van der Waals surface area contributed by atoms with Gasteiger partial charge in [0.1, 0.15) is 11.9 Å². The number of piperidine rings is 1. The maximum Gasteiger partial charge on any atom is 0.405 e. The van der Waals surface area contributed by atoms with Gasteiger partial charge in [-0.2, -0.15) is 0 Å². The van der Waals surface area contributed by atoms with E-state index >= 15 is 0 Å². The van der Waals surface area contributed by atoms with Crippen molar-refractivity contribution in [2.75, 3.05) is 13.1 Å². The average Bonchev–Trinajstić information content (AvgIpc) is 3.18. The Hall–Kier alpha value is -2.58. The minimum Gasteiger partial charge on any atom is -0.465 e. The molecule has 9 heteroatoms. The first-order valence-electron chi connectivity index (χ1n) is 9.54. The molecule has 3 amide bonds. The number of nitrogens with one attached hydrogen (secondary N) is 1. The van der Waals surface area contributed by atoms with Crippen LogP contribution >= 0.6 is 0 Å². The molecule has 1 fully saturated rings. The number of hydrogen-bond acceptors (Lipinski definition) is 4. The number of amides is 3. The number of likely N-dealkylation sites (tertiary alicyclic amines) is 1. The minimum absolute atomic E-state index is 0.0434. The molecular weight excluding hydrogens is 350 g/mol. The molecule has 3 rings (SSSR count). The molecule has 0 spiro atoms. The molecule has 27 heavy (non-hydrogen) atoms. The molecule has 1 aromatic heterocycles. The monoisotopic (exact) mass is 377 g/mol. The molecule has 1 unspecified atom stereocenters. The number of aryl methyl sites for hydroxylation is 1. The Bertz CT molecular complexity index is 723. The number of carbonyl (C=O) groups excluding carboxylic acids is 2. The summed E-state index contributed by atoms with van der Waals surface area (Å²) >= 11 is 0. The molecule has 2 aliphatic heterocycles. The van der Waals surface area contributed by atoms with E-state index in [4.69, 9.17) is 5.11 Å². The van der Waals surface area contributed by atoms with E-state index in [9.17, 15) is 14.4 Å². The van der Waals surface area contributed by atoms with Gasteiger partial charge in [0.2, 0.25) is 5.91 Å². The molecule has 148 valence electrons. The third kappa shape index (κ3) is 3.91. The van der Waals surface area contributed by atoms with Crippen LogP contribution in [0.15, 0.2) is 6.20 Å². The summed E-state index contributed by atoms with van der Waals surface area (Å²) in [7, 11) is 0. The summed E-state index contributed by atoms with van der Waals surface area (Å²) in [5.41, 5.74) is 0.904. The molecule has 2 N–H and O–H groups in total. The molecule has 3 heterocycles. The highest BCUT2D eigenvalue weighted by molar-refractivity contribution is 5.85. The van der Waals surface area contributed by atoms with Gasteiger partial charge in [0, 0.05) is 19.1 Å². The van der Waals surface area contributed by atoms with E-state index in [1.165, 1.54) is 0 Å². The van der Waals surface area contributed by atoms with E-state index in [0.29, 0.717) is 44.7 Å². The van der Waals surface area contributed by atoms with E-state index in [1.807, 2.05) is 18.7 Å². The maximum atomic E-state index is 12.7. The minimum atomic E-state index is -1.17. The molecule has 0 bridgehead atoms. The Morgan fingerprint density at radius 2 is 2.07 bits per heavy atom. The lowest BCUT2D eigenvalue weighted by Crippen LogP contribution is -2.53. The Labute approximate surface area is 158 Å². The van der Waals surface area contributed by atoms with Crippen molar-refractivity contribution < 1.29 is 19.5 Å². The van der Waals surface area contributed by atoms with Crippen LogP contribution in [0.3, 0.4) is 0 Å². The predicted molar refractivity (Wildman–Crippen MR) is 97.4 cm³/mol. The molecule has 0 radical (unpaired) electrons. The largest absolute Gasteiger partial charge is 0.465 e. The van der Waals surface area contributed by atoms with Crippen LogP contribution in [0.25, 0.3) is 0 Å². The molecule has 1 atom stereocenters. The van der Waals surface area contributed by atoms with Gasteiger partial charge in [-0.15, -0.1) is 0 Å². The number of rotatable bonds is 6. The van der Waals surface area contributed by atoms with Crippen LogP contribution < -0.4 is 5.32 Å². The average molecular weight is 377 g/mol. The van der Waals surface area contributed by atoms with Gasteiger partial charge in [0.25, 0.3) is 0 Å². The Balaban J connectivity index is 1.57. The van der Waals surface area contributed by atoms with Crippen molar-refractivity contribution in [2.24, 2.45) is 0 Å². The highest BCUT2D eigenvalue weighted by atomic mass is 16.4. The van der Waals surface area contributed by atoms with Crippen LogP contribution in [-0.4, -0.2) is 67.7 Å². The Kier molecular flexibility index (Phi) is 5.67. The van der Waals surface area contributed by atoms with Crippen molar-refractivity contribution in [3.8, 4) is 0 Å². The van der Waals surface area contributed by atoms with Crippen molar-refractivity contribution in [1.82, 2.24) is 24.7 Å². The number of aromatic nitrogens is 2. The van der Waals surface area contributed by atoms with Gasteiger partial charge in [0.15, 0.2) is 0 Å². The van der Waals surface area contributed by atoms with Crippen LogP contribution in [-0.2, 0) is 11.3 Å². The summed E-state index contributed by atoms with van der Waals surface area (Å²) in [5, 5.41) is 11.4. The molecular formula is C18H27N5O4. The predicted octanol–water partition coefficient (Wildman–Crippen LogP) is 1.79. The highest BCUT2D eigenvalue weighted by Gasteiger charge is 2.37. The molecule has 0 aromatic carbocycles. The summed E-state index contributed by atoms with van der Waals surface area (Å²) < 4.78 is 1.65. The SMILES string of the molecule is CCCCC(NC(=O)O)C(=O)N1CCC(N2Cc3cnc(C)n3C2=O)CC1. The van der Waals surface area contributed by atoms with Crippen LogP contribution in [0, 0.1) is 6.92 Å². The molecule has 1 aromatic rings. The van der Waals surface area contributed by atoms with Gasteiger partial charge in [-0.25, -0.2) is 14.6 Å². The third-order valence-corrected chi connectivity index (χ3v) is 5.44. The normalized spacial score (nSPS) is 18.5. The van der Waals surface area contributed by atoms with Crippen LogP contribution in [0.5, 0.6) is 0 Å². The second kappa shape index (κ2) is 7.98. The lowest BCUT2D eigenvalue weighted by atomic mass is 10.0. The van der Waals surface area contributed by atoms with Gasteiger partial charge in [0.05, 0.1) is 18.4 Å². The zero-order valence-electron chi connectivity index (χ0n) is 15.8. The summed E-state index contributed by atoms with van der Waals surface area (Å²) in [4.78, 5) is 44.1. The summed E-state index contributed by atoms with van der Waals surface area (Å²) in [6, 6.07) is -0.651. The number of fused-ring (bicyclic) bond motifs is 1. The second-order valence-electron chi connectivity index (χ2n) is 7.24. The molecule has 0 aliphatic carbocycles. The zero-order chi connectivity index (χ0) is 19.6. The van der Waals surface area contributed by atoms with Gasteiger partial charge in [-0.1, -0.05) is 19.8 Å². The molecule has 1 saturated heterocycles. The van der Waals surface area contributed by atoms with Gasteiger partial charge < -0.3 is 20.2 Å². The van der Waals surface area contributed by atoms with Crippen molar-refractivity contribution in [3.63, 3.8) is 0 Å². The van der Waals surface area contributed by atoms with Gasteiger partial charge >= 0.3 is 12.1 Å². The topological polar surface area (TPSA) is 108 Å². The first-order chi connectivity index (χ1) is 12.9. The Morgan fingerprint density at radius 1 is 1.37 bits per heavy atom. The third-order valence-electron chi connectivity index (χ3n) is 5.44. The van der Waals surface area contributed by atoms with E-state index in [-0.39, 0.29) is 18.0 Å². The summed E-state index contributed by atoms with van der Waals surface area (Å²) in [6.45, 7) is 5.44. The van der Waals surface area contributed by atoms with E-state index in [0.717, 1.165) is 18.5 Å². The van der Waals surface area contributed by atoms with Crippen molar-refractivity contribution in [1.29, 1.82) is 0 Å². The summed E-state index contributed by atoms with van der Waals surface area (Å²) in [5.74, 6) is 0.534. The maximum absolute atomic E-state index is 12.7.